The fourth-order valence-corrected chi connectivity index (χ4v) is 4.25. The van der Waals surface area contributed by atoms with Crippen LogP contribution < -0.4 is 0 Å². The lowest BCUT2D eigenvalue weighted by Crippen LogP contribution is -2.41. The molecule has 2 nitrogen and oxygen atoms in total. The van der Waals surface area contributed by atoms with Gasteiger partial charge in [-0.1, -0.05) is 94.5 Å². The van der Waals surface area contributed by atoms with E-state index >= 15 is 0 Å². The van der Waals surface area contributed by atoms with Crippen molar-refractivity contribution in [2.75, 3.05) is 0 Å². The second-order valence-corrected chi connectivity index (χ2v) is 10.1. The van der Waals surface area contributed by atoms with Gasteiger partial charge in [0.25, 0.3) is 0 Å². The lowest BCUT2D eigenvalue weighted by atomic mass is 9.73. The van der Waals surface area contributed by atoms with Crippen molar-refractivity contribution in [2.24, 2.45) is 0 Å². The molecule has 0 amide bonds. The van der Waals surface area contributed by atoms with Crippen LogP contribution in [0.5, 0.6) is 0 Å². The van der Waals surface area contributed by atoms with Gasteiger partial charge in [0.1, 0.15) is 0 Å². The highest BCUT2D eigenvalue weighted by molar-refractivity contribution is 6.45. The van der Waals surface area contributed by atoms with E-state index < -0.39 is 0 Å². The summed E-state index contributed by atoms with van der Waals surface area (Å²) in [4.78, 5) is 0. The Morgan fingerprint density at radius 3 is 1.76 bits per heavy atom. The van der Waals surface area contributed by atoms with Gasteiger partial charge in [0.15, 0.2) is 0 Å². The molecule has 1 heterocycles. The van der Waals surface area contributed by atoms with Gasteiger partial charge in [0, 0.05) is 0 Å². The van der Waals surface area contributed by atoms with Crippen molar-refractivity contribution in [3.05, 3.63) is 35.4 Å². The Labute approximate surface area is 181 Å². The first-order valence-electron chi connectivity index (χ1n) is 12.2. The maximum Gasteiger partial charge on any atom is 0.458 e. The van der Waals surface area contributed by atoms with E-state index in [1.807, 2.05) is 0 Å². The molecular formula is C26H45BO2. The molecule has 0 saturated carbocycles. The van der Waals surface area contributed by atoms with Crippen LogP contribution in [-0.2, 0) is 9.31 Å². The van der Waals surface area contributed by atoms with Crippen molar-refractivity contribution < 1.29 is 9.31 Å². The quantitative estimate of drug-likeness (QED) is 0.246. The molecule has 164 valence electrons. The van der Waals surface area contributed by atoms with Crippen molar-refractivity contribution >= 4 is 7.12 Å². The third-order valence-corrected chi connectivity index (χ3v) is 6.98. The zero-order valence-electron chi connectivity index (χ0n) is 20.1. The molecule has 2 rings (SSSR count). The zero-order valence-corrected chi connectivity index (χ0v) is 20.1. The van der Waals surface area contributed by atoms with Gasteiger partial charge in [0.05, 0.1) is 11.2 Å². The first kappa shape index (κ1) is 24.5. The van der Waals surface area contributed by atoms with Gasteiger partial charge >= 0.3 is 7.12 Å². The van der Waals surface area contributed by atoms with Crippen molar-refractivity contribution in [1.29, 1.82) is 0 Å². The summed E-state index contributed by atoms with van der Waals surface area (Å²) in [5.74, 6) is 0.509. The van der Waals surface area contributed by atoms with Gasteiger partial charge in [-0.3, -0.25) is 0 Å². The third-order valence-electron chi connectivity index (χ3n) is 6.98. The fraction of sp³-hybridized carbons (Fsp3) is 0.769. The van der Waals surface area contributed by atoms with Gasteiger partial charge in [-0.2, -0.15) is 0 Å². The lowest BCUT2D eigenvalue weighted by molar-refractivity contribution is 0.00578. The van der Waals surface area contributed by atoms with Gasteiger partial charge < -0.3 is 9.31 Å². The highest BCUT2D eigenvalue weighted by atomic mass is 16.7. The van der Waals surface area contributed by atoms with Crippen molar-refractivity contribution in [2.45, 2.75) is 129 Å². The minimum Gasteiger partial charge on any atom is -0.403 e. The summed E-state index contributed by atoms with van der Waals surface area (Å²) in [7, 11) is -0.107. The first-order valence-corrected chi connectivity index (χ1v) is 12.2. The van der Waals surface area contributed by atoms with Crippen molar-refractivity contribution in [3.8, 4) is 0 Å². The Morgan fingerprint density at radius 1 is 0.759 bits per heavy atom. The van der Waals surface area contributed by atoms with Crippen LogP contribution in [0.4, 0.5) is 0 Å². The van der Waals surface area contributed by atoms with E-state index in [2.05, 4.69) is 65.8 Å². The number of hydrogen-bond donors (Lipinski definition) is 0. The molecule has 1 aliphatic heterocycles. The van der Waals surface area contributed by atoms with E-state index in [1.54, 1.807) is 0 Å². The second kappa shape index (κ2) is 11.6. The smallest absolute Gasteiger partial charge is 0.403 e. The number of unbranched alkanes of at least 4 members (excludes halogenated alkanes) is 8. The number of hydrogen-bond acceptors (Lipinski definition) is 2. The molecule has 0 radical (unpaired) electrons. The molecular weight excluding hydrogens is 355 g/mol. The molecule has 0 bridgehead atoms. The van der Waals surface area contributed by atoms with Crippen LogP contribution in [0.3, 0.4) is 0 Å². The largest absolute Gasteiger partial charge is 0.458 e. The maximum atomic E-state index is 6.31. The van der Waals surface area contributed by atoms with E-state index in [0.29, 0.717) is 5.92 Å². The monoisotopic (exact) mass is 400 g/mol. The molecule has 1 aliphatic rings. The Balaban J connectivity index is 1.83. The van der Waals surface area contributed by atoms with E-state index in [0.717, 1.165) is 6.32 Å². The van der Waals surface area contributed by atoms with Gasteiger partial charge in [0.2, 0.25) is 0 Å². The molecule has 3 heteroatoms. The minimum atomic E-state index is -0.243. The van der Waals surface area contributed by atoms with Crippen LogP contribution >= 0.6 is 0 Å². The third kappa shape index (κ3) is 7.76. The average Bonchev–Trinajstić information content (AvgIpc) is 2.86. The summed E-state index contributed by atoms with van der Waals surface area (Å²) >= 11 is 0. The van der Waals surface area contributed by atoms with Crippen LogP contribution in [-0.4, -0.2) is 18.3 Å². The maximum absolute atomic E-state index is 6.31. The van der Waals surface area contributed by atoms with E-state index in [9.17, 15) is 0 Å². The molecule has 1 saturated heterocycles. The Kier molecular flexibility index (Phi) is 9.75. The minimum absolute atomic E-state index is 0.107. The Bertz CT molecular complexity index is 563. The zero-order chi connectivity index (χ0) is 21.3. The molecule has 0 N–H and O–H groups in total. The van der Waals surface area contributed by atoms with Crippen LogP contribution in [0.1, 0.15) is 116 Å². The predicted molar refractivity (Wildman–Crippen MR) is 127 cm³/mol. The highest BCUT2D eigenvalue weighted by Gasteiger charge is 2.51. The highest BCUT2D eigenvalue weighted by Crippen LogP contribution is 2.40. The molecule has 0 spiro atoms. The number of aryl methyl sites for hydroxylation is 1. The molecule has 1 aromatic rings. The van der Waals surface area contributed by atoms with E-state index in [4.69, 9.17) is 9.31 Å². The van der Waals surface area contributed by atoms with Crippen LogP contribution in [0.15, 0.2) is 24.3 Å². The topological polar surface area (TPSA) is 18.5 Å². The average molecular weight is 400 g/mol. The molecule has 29 heavy (non-hydrogen) atoms. The normalized spacial score (nSPS) is 18.9. The summed E-state index contributed by atoms with van der Waals surface area (Å²) in [6.07, 6.45) is 14.6. The molecule has 0 aliphatic carbocycles. The molecule has 0 aromatic heterocycles. The summed E-state index contributed by atoms with van der Waals surface area (Å²) in [5, 5.41) is 0. The summed E-state index contributed by atoms with van der Waals surface area (Å²) in [6, 6.07) is 9.09. The SMILES string of the molecule is CCCCCCCCCCC[C@H](CB1OC(C)(C)C(C)(C)O1)c1ccc(C)cc1. The lowest BCUT2D eigenvalue weighted by Gasteiger charge is -2.32. The molecule has 1 atom stereocenters. The van der Waals surface area contributed by atoms with Crippen LogP contribution in [0.25, 0.3) is 0 Å². The molecule has 1 fully saturated rings. The Hall–Kier alpha value is -0.795. The van der Waals surface area contributed by atoms with Gasteiger partial charge in [-0.15, -0.1) is 0 Å². The van der Waals surface area contributed by atoms with Gasteiger partial charge in [-0.05, 0) is 58.8 Å². The van der Waals surface area contributed by atoms with Crippen molar-refractivity contribution in [3.63, 3.8) is 0 Å². The summed E-state index contributed by atoms with van der Waals surface area (Å²) < 4.78 is 12.6. The number of rotatable bonds is 13. The van der Waals surface area contributed by atoms with Gasteiger partial charge in [-0.25, -0.2) is 0 Å². The fourth-order valence-electron chi connectivity index (χ4n) is 4.25. The molecule has 0 unspecified atom stereocenters. The summed E-state index contributed by atoms with van der Waals surface area (Å²) in [6.45, 7) is 13.0. The second-order valence-electron chi connectivity index (χ2n) is 10.1. The Morgan fingerprint density at radius 2 is 1.24 bits per heavy atom. The van der Waals surface area contributed by atoms with E-state index in [-0.39, 0.29) is 18.3 Å². The van der Waals surface area contributed by atoms with E-state index in [1.165, 1.54) is 75.3 Å². The van der Waals surface area contributed by atoms with Crippen LogP contribution in [0.2, 0.25) is 6.32 Å². The summed E-state index contributed by atoms with van der Waals surface area (Å²) in [5.41, 5.74) is 2.27. The molecule has 1 aromatic carbocycles. The predicted octanol–water partition coefficient (Wildman–Crippen LogP) is 8.09. The first-order chi connectivity index (χ1) is 13.7. The number of benzene rings is 1. The van der Waals surface area contributed by atoms with Crippen LogP contribution in [0, 0.1) is 6.92 Å². The van der Waals surface area contributed by atoms with Crippen molar-refractivity contribution in [1.82, 2.24) is 0 Å². The standard InChI is InChI=1S/C26H45BO2/c1-7-8-9-10-11-12-13-14-15-16-24(23-19-17-22(2)18-20-23)21-27-28-25(3,4)26(5,6)29-27/h17-20,24H,7-16,21H2,1-6H3/t24-/m1/s1.